The first-order valence-electron chi connectivity index (χ1n) is 5.96. The maximum absolute atomic E-state index is 4.23. The van der Waals surface area contributed by atoms with Crippen LogP contribution < -0.4 is 0 Å². The smallest absolute Gasteiger partial charge is 0.0951 e. The number of fused-ring (bicyclic) bond motifs is 1. The predicted molar refractivity (Wildman–Crippen MR) is 69.8 cm³/mol. The van der Waals surface area contributed by atoms with Crippen LogP contribution in [-0.2, 0) is 6.54 Å². The van der Waals surface area contributed by atoms with Gasteiger partial charge < -0.3 is 9.55 Å². The van der Waals surface area contributed by atoms with E-state index in [2.05, 4.69) is 45.7 Å². The van der Waals surface area contributed by atoms with E-state index in [0.29, 0.717) is 0 Å². The molecule has 0 saturated heterocycles. The predicted octanol–water partition coefficient (Wildman–Crippen LogP) is 3.44. The van der Waals surface area contributed by atoms with Gasteiger partial charge in [-0.25, -0.2) is 4.98 Å². The molecule has 0 amide bonds. The largest absolute Gasteiger partial charge is 0.353 e. The van der Waals surface area contributed by atoms with E-state index in [1.54, 1.807) is 0 Å². The van der Waals surface area contributed by atoms with Crippen molar-refractivity contribution in [3.05, 3.63) is 42.9 Å². The number of aromatic nitrogens is 3. The summed E-state index contributed by atoms with van der Waals surface area (Å²) in [4.78, 5) is 7.67. The summed E-state index contributed by atoms with van der Waals surface area (Å²) < 4.78 is 2.19. The van der Waals surface area contributed by atoms with Gasteiger partial charge in [-0.05, 0) is 18.6 Å². The van der Waals surface area contributed by atoms with Crippen LogP contribution in [0.5, 0.6) is 0 Å². The molecule has 0 saturated carbocycles. The van der Waals surface area contributed by atoms with Gasteiger partial charge in [0, 0.05) is 17.4 Å². The van der Waals surface area contributed by atoms with Gasteiger partial charge in [-0.3, -0.25) is 0 Å². The van der Waals surface area contributed by atoms with Crippen LogP contribution in [0, 0.1) is 0 Å². The van der Waals surface area contributed by atoms with Crippen LogP contribution in [0.1, 0.15) is 13.3 Å². The van der Waals surface area contributed by atoms with Crippen LogP contribution in [0.4, 0.5) is 0 Å². The van der Waals surface area contributed by atoms with Crippen molar-refractivity contribution in [2.45, 2.75) is 19.9 Å². The Bertz CT molecular complexity index is 601. The van der Waals surface area contributed by atoms with Crippen molar-refractivity contribution in [1.82, 2.24) is 14.5 Å². The first-order chi connectivity index (χ1) is 8.38. The maximum atomic E-state index is 4.23. The quantitative estimate of drug-likeness (QED) is 0.727. The molecule has 3 aromatic rings. The van der Waals surface area contributed by atoms with Crippen molar-refractivity contribution in [3.8, 4) is 11.4 Å². The molecular weight excluding hydrogens is 210 g/mol. The third kappa shape index (κ3) is 1.73. The molecule has 0 fully saturated rings. The lowest BCUT2D eigenvalue weighted by atomic mass is 10.2. The Kier molecular flexibility index (Phi) is 2.44. The van der Waals surface area contributed by atoms with Gasteiger partial charge in [-0.1, -0.05) is 25.1 Å². The molecule has 3 rings (SSSR count). The summed E-state index contributed by atoms with van der Waals surface area (Å²) in [6.45, 7) is 3.18. The van der Waals surface area contributed by atoms with E-state index in [1.807, 2.05) is 18.6 Å². The highest BCUT2D eigenvalue weighted by molar-refractivity contribution is 5.85. The fraction of sp³-hybridized carbons (Fsp3) is 0.214. The molecule has 0 radical (unpaired) electrons. The Morgan fingerprint density at radius 2 is 2.18 bits per heavy atom. The van der Waals surface area contributed by atoms with E-state index >= 15 is 0 Å². The van der Waals surface area contributed by atoms with Crippen molar-refractivity contribution >= 4 is 10.9 Å². The molecule has 0 spiro atoms. The highest BCUT2D eigenvalue weighted by Gasteiger charge is 2.07. The summed E-state index contributed by atoms with van der Waals surface area (Å²) >= 11 is 0. The van der Waals surface area contributed by atoms with Gasteiger partial charge in [0.2, 0.25) is 0 Å². The minimum Gasteiger partial charge on any atom is -0.353 e. The third-order valence-electron chi connectivity index (χ3n) is 2.98. The Balaban J connectivity index is 2.10. The molecule has 0 aliphatic carbocycles. The third-order valence-corrected chi connectivity index (χ3v) is 2.98. The normalized spacial score (nSPS) is 11.1. The van der Waals surface area contributed by atoms with E-state index in [4.69, 9.17) is 0 Å². The second-order valence-corrected chi connectivity index (χ2v) is 4.24. The second kappa shape index (κ2) is 4.09. The molecule has 17 heavy (non-hydrogen) atoms. The molecular formula is C14H15N3. The first-order valence-corrected chi connectivity index (χ1v) is 5.96. The zero-order valence-corrected chi connectivity index (χ0v) is 9.85. The minimum absolute atomic E-state index is 1.00. The standard InChI is InChI=1S/C14H15N3/c1-2-7-17-10-15-9-14(17)13-8-11-5-3-4-6-12(11)16-13/h3-6,8-10,16H,2,7H2,1H3. The van der Waals surface area contributed by atoms with Gasteiger partial charge >= 0.3 is 0 Å². The van der Waals surface area contributed by atoms with E-state index < -0.39 is 0 Å². The zero-order chi connectivity index (χ0) is 11.7. The number of benzene rings is 1. The fourth-order valence-electron chi connectivity index (χ4n) is 2.18. The molecule has 0 bridgehead atoms. The lowest BCUT2D eigenvalue weighted by Crippen LogP contribution is -1.97. The van der Waals surface area contributed by atoms with Crippen LogP contribution in [-0.4, -0.2) is 14.5 Å². The molecule has 1 N–H and O–H groups in total. The Hall–Kier alpha value is -2.03. The molecule has 3 heteroatoms. The summed E-state index contributed by atoms with van der Waals surface area (Å²) in [5.41, 5.74) is 3.46. The van der Waals surface area contributed by atoms with E-state index in [9.17, 15) is 0 Å². The van der Waals surface area contributed by atoms with E-state index in [-0.39, 0.29) is 0 Å². The lowest BCUT2D eigenvalue weighted by Gasteiger charge is -2.03. The van der Waals surface area contributed by atoms with Crippen LogP contribution >= 0.6 is 0 Å². The number of aryl methyl sites for hydroxylation is 1. The van der Waals surface area contributed by atoms with Crippen molar-refractivity contribution in [1.29, 1.82) is 0 Å². The molecule has 0 aliphatic rings. The van der Waals surface area contributed by atoms with Crippen molar-refractivity contribution in [2.75, 3.05) is 0 Å². The molecule has 0 aliphatic heterocycles. The van der Waals surface area contributed by atoms with Crippen molar-refractivity contribution in [2.24, 2.45) is 0 Å². The van der Waals surface area contributed by atoms with Gasteiger partial charge in [-0.15, -0.1) is 0 Å². The lowest BCUT2D eigenvalue weighted by molar-refractivity contribution is 0.683. The number of hydrogen-bond donors (Lipinski definition) is 1. The maximum Gasteiger partial charge on any atom is 0.0951 e. The number of imidazole rings is 1. The molecule has 2 aromatic heterocycles. The molecule has 1 aromatic carbocycles. The van der Waals surface area contributed by atoms with Gasteiger partial charge in [0.1, 0.15) is 0 Å². The van der Waals surface area contributed by atoms with E-state index in [0.717, 1.165) is 24.4 Å². The van der Waals surface area contributed by atoms with Gasteiger partial charge in [0.25, 0.3) is 0 Å². The molecule has 0 unspecified atom stereocenters. The summed E-state index contributed by atoms with van der Waals surface area (Å²) in [7, 11) is 0. The summed E-state index contributed by atoms with van der Waals surface area (Å²) in [6.07, 6.45) is 4.92. The topological polar surface area (TPSA) is 33.6 Å². The molecule has 3 nitrogen and oxygen atoms in total. The van der Waals surface area contributed by atoms with Crippen molar-refractivity contribution in [3.63, 3.8) is 0 Å². The average molecular weight is 225 g/mol. The Morgan fingerprint density at radius 3 is 3.00 bits per heavy atom. The number of nitrogens with zero attached hydrogens (tertiary/aromatic N) is 2. The molecule has 86 valence electrons. The number of aromatic amines is 1. The van der Waals surface area contributed by atoms with Crippen molar-refractivity contribution < 1.29 is 0 Å². The Morgan fingerprint density at radius 1 is 1.29 bits per heavy atom. The average Bonchev–Trinajstić information content (AvgIpc) is 2.94. The SMILES string of the molecule is CCCn1cncc1-c1cc2ccccc2[nH]1. The monoisotopic (exact) mass is 225 g/mol. The molecule has 2 heterocycles. The number of H-pyrrole nitrogens is 1. The van der Waals surface area contributed by atoms with Crippen LogP contribution in [0.15, 0.2) is 42.9 Å². The number of rotatable bonds is 3. The zero-order valence-electron chi connectivity index (χ0n) is 9.85. The first kappa shape index (κ1) is 10.1. The highest BCUT2D eigenvalue weighted by Crippen LogP contribution is 2.23. The summed E-state index contributed by atoms with van der Waals surface area (Å²) in [5, 5.41) is 1.24. The fourth-order valence-corrected chi connectivity index (χ4v) is 2.18. The number of para-hydroxylation sites is 1. The van der Waals surface area contributed by atoms with Crippen LogP contribution in [0.3, 0.4) is 0 Å². The minimum atomic E-state index is 1.00. The van der Waals surface area contributed by atoms with Gasteiger partial charge in [-0.2, -0.15) is 0 Å². The van der Waals surface area contributed by atoms with E-state index in [1.165, 1.54) is 10.9 Å². The van der Waals surface area contributed by atoms with Gasteiger partial charge in [0.05, 0.1) is 23.9 Å². The number of nitrogens with one attached hydrogen (secondary N) is 1. The van der Waals surface area contributed by atoms with Gasteiger partial charge in [0.15, 0.2) is 0 Å². The summed E-state index contributed by atoms with van der Waals surface area (Å²) in [5.74, 6) is 0. The highest BCUT2D eigenvalue weighted by atomic mass is 15.1. The second-order valence-electron chi connectivity index (χ2n) is 4.24. The Labute approximate surface area is 100 Å². The number of hydrogen-bond acceptors (Lipinski definition) is 1. The molecule has 0 atom stereocenters. The summed E-state index contributed by atoms with van der Waals surface area (Å²) in [6, 6.07) is 10.5. The van der Waals surface area contributed by atoms with Crippen LogP contribution in [0.2, 0.25) is 0 Å². The van der Waals surface area contributed by atoms with Crippen LogP contribution in [0.25, 0.3) is 22.3 Å².